The van der Waals surface area contributed by atoms with Crippen molar-refractivity contribution in [2.45, 2.75) is 123 Å². The molecular formula is C24H38O19. The van der Waals surface area contributed by atoms with Gasteiger partial charge in [0.1, 0.15) is 97.7 Å². The van der Waals surface area contributed by atoms with Crippen molar-refractivity contribution < 1.29 is 93.7 Å². The number of hydrogen-bond acceptors (Lipinski definition) is 19. The first-order chi connectivity index (χ1) is 20.5. The number of ether oxygens (including phenoxy) is 9. The van der Waals surface area contributed by atoms with Crippen LogP contribution in [0.5, 0.6) is 0 Å². The maximum atomic E-state index is 11.1. The third kappa shape index (κ3) is 5.73. The molecule has 0 amide bonds. The highest BCUT2D eigenvalue weighted by Gasteiger charge is 2.58. The van der Waals surface area contributed by atoms with Crippen LogP contribution >= 0.6 is 0 Å². The van der Waals surface area contributed by atoms with E-state index in [9.17, 15) is 51.1 Å². The summed E-state index contributed by atoms with van der Waals surface area (Å²) in [6.45, 7) is -1.52. The van der Waals surface area contributed by atoms with E-state index in [1.54, 1.807) is 0 Å². The molecule has 0 aromatic rings. The zero-order valence-electron chi connectivity index (χ0n) is 22.5. The van der Waals surface area contributed by atoms with Gasteiger partial charge in [0, 0.05) is 0 Å². The van der Waals surface area contributed by atoms with E-state index in [2.05, 4.69) is 0 Å². The molecule has 43 heavy (non-hydrogen) atoms. The van der Waals surface area contributed by atoms with Crippen LogP contribution < -0.4 is 0 Å². The van der Waals surface area contributed by atoms with Gasteiger partial charge in [-0.25, -0.2) is 0 Å². The highest BCUT2D eigenvalue weighted by molar-refractivity contribution is 5.01. The summed E-state index contributed by atoms with van der Waals surface area (Å²) in [5, 5.41) is 103. The van der Waals surface area contributed by atoms with E-state index in [4.69, 9.17) is 42.6 Å². The molecule has 4 bridgehead atoms. The summed E-state index contributed by atoms with van der Waals surface area (Å²) < 4.78 is 50.0. The fourth-order valence-corrected chi connectivity index (χ4v) is 6.28. The van der Waals surface area contributed by atoms with Crippen LogP contribution in [0.1, 0.15) is 0 Å². The lowest BCUT2D eigenvalue weighted by molar-refractivity contribution is -0.372. The van der Waals surface area contributed by atoms with Crippen LogP contribution in [-0.4, -0.2) is 200 Å². The number of aliphatic hydroxyl groups excluding tert-OH is 10. The molecule has 0 saturated carbocycles. The monoisotopic (exact) mass is 630 g/mol. The molecule has 6 saturated heterocycles. The van der Waals surface area contributed by atoms with Crippen LogP contribution in [0.2, 0.25) is 0 Å². The number of rotatable bonds is 8. The predicted molar refractivity (Wildman–Crippen MR) is 127 cm³/mol. The van der Waals surface area contributed by atoms with E-state index in [1.165, 1.54) is 0 Å². The third-order valence-electron chi connectivity index (χ3n) is 8.70. The Balaban J connectivity index is 1.12. The van der Waals surface area contributed by atoms with E-state index in [0.29, 0.717) is 0 Å². The van der Waals surface area contributed by atoms with Gasteiger partial charge in [-0.15, -0.1) is 0 Å². The summed E-state index contributed by atoms with van der Waals surface area (Å²) in [7, 11) is 0. The lowest BCUT2D eigenvalue weighted by atomic mass is 9.96. The van der Waals surface area contributed by atoms with Gasteiger partial charge >= 0.3 is 0 Å². The SMILES string of the molecule is OC[C@H]1O[C@@H](O)[C@H](O)[C@@H](O[C@@H]2OC3COC([C@@H]3O[C@@H]3O[C@H](CO)[C@H](O)[C@H](O[C@@H]4OC5COC([C@@H]5O)[C@@H]4O)[C@H]3O)[C@@H]2O)[C@H]1O. The molecule has 6 aliphatic rings. The van der Waals surface area contributed by atoms with Crippen LogP contribution in [0.4, 0.5) is 0 Å². The molecule has 6 heterocycles. The molecule has 19 nitrogen and oxygen atoms in total. The van der Waals surface area contributed by atoms with Gasteiger partial charge in [-0.2, -0.15) is 0 Å². The average Bonchev–Trinajstić information content (AvgIpc) is 3.45. The van der Waals surface area contributed by atoms with Gasteiger partial charge in [0.2, 0.25) is 0 Å². The zero-order chi connectivity index (χ0) is 30.7. The van der Waals surface area contributed by atoms with E-state index in [-0.39, 0.29) is 13.2 Å². The van der Waals surface area contributed by atoms with E-state index in [0.717, 1.165) is 0 Å². The number of aliphatic hydroxyl groups is 10. The van der Waals surface area contributed by atoms with Gasteiger partial charge in [0.15, 0.2) is 25.2 Å². The summed E-state index contributed by atoms with van der Waals surface area (Å²) in [5.41, 5.74) is 0. The summed E-state index contributed by atoms with van der Waals surface area (Å²) in [5.74, 6) is 0. The molecule has 19 heteroatoms. The summed E-state index contributed by atoms with van der Waals surface area (Å²) in [4.78, 5) is 0. The first-order valence-corrected chi connectivity index (χ1v) is 14.0. The standard InChI is InChI=1S/C24H38O19/c25-1-5-9(27)18(12(30)21(34)37-5)42-24-15(33)20-16(8(40-24)4-36-20)41-23-14(32)19(10(28)6(2-26)38-23)43-22-13(31)17-11(29)7(39-22)3-35-17/h5-34H,1-4H2/t5-,6-,7?,8?,9+,10+,11-,12-,13+,14-,15+,16-,17?,18+,19+,20?,21-,22+,23+,24+/m1/s1. The van der Waals surface area contributed by atoms with E-state index < -0.39 is 136 Å². The second kappa shape index (κ2) is 12.8. The zero-order valence-corrected chi connectivity index (χ0v) is 22.5. The van der Waals surface area contributed by atoms with Crippen molar-refractivity contribution in [1.82, 2.24) is 0 Å². The Kier molecular flexibility index (Phi) is 9.58. The minimum atomic E-state index is -1.79. The van der Waals surface area contributed by atoms with Crippen molar-refractivity contribution in [2.24, 2.45) is 0 Å². The van der Waals surface area contributed by atoms with Crippen LogP contribution in [0.15, 0.2) is 0 Å². The fourth-order valence-electron chi connectivity index (χ4n) is 6.28. The molecule has 4 unspecified atom stereocenters. The molecule has 20 atom stereocenters. The van der Waals surface area contributed by atoms with Crippen molar-refractivity contribution in [2.75, 3.05) is 26.4 Å². The summed E-state index contributed by atoms with van der Waals surface area (Å²) >= 11 is 0. The normalized spacial score (nSPS) is 56.8. The van der Waals surface area contributed by atoms with Gasteiger partial charge in [-0.3, -0.25) is 0 Å². The topological polar surface area (TPSA) is 285 Å². The molecular weight excluding hydrogens is 592 g/mol. The van der Waals surface area contributed by atoms with Crippen molar-refractivity contribution in [3.8, 4) is 0 Å². The Morgan fingerprint density at radius 1 is 0.465 bits per heavy atom. The van der Waals surface area contributed by atoms with Crippen molar-refractivity contribution in [3.05, 3.63) is 0 Å². The Hall–Kier alpha value is -0.760. The summed E-state index contributed by atoms with van der Waals surface area (Å²) in [6, 6.07) is 0. The Morgan fingerprint density at radius 3 is 1.60 bits per heavy atom. The Morgan fingerprint density at radius 2 is 0.953 bits per heavy atom. The highest BCUT2D eigenvalue weighted by atomic mass is 16.8. The Bertz CT molecular complexity index is 946. The summed E-state index contributed by atoms with van der Waals surface area (Å²) in [6.07, 6.45) is -27.7. The van der Waals surface area contributed by atoms with Crippen molar-refractivity contribution in [3.63, 3.8) is 0 Å². The molecule has 0 aromatic heterocycles. The second-order valence-electron chi connectivity index (χ2n) is 11.4. The van der Waals surface area contributed by atoms with Crippen LogP contribution in [0, 0.1) is 0 Å². The van der Waals surface area contributed by atoms with Gasteiger partial charge in [-0.05, 0) is 0 Å². The Labute approximate surface area is 243 Å². The molecule has 0 aromatic carbocycles. The number of fused-ring (bicyclic) bond motifs is 4. The predicted octanol–water partition coefficient (Wildman–Crippen LogP) is -7.66. The van der Waals surface area contributed by atoms with E-state index in [1.807, 2.05) is 0 Å². The molecule has 0 radical (unpaired) electrons. The molecule has 248 valence electrons. The van der Waals surface area contributed by atoms with Crippen LogP contribution in [-0.2, 0) is 42.6 Å². The smallest absolute Gasteiger partial charge is 0.187 e. The maximum Gasteiger partial charge on any atom is 0.187 e. The first kappa shape index (κ1) is 32.2. The van der Waals surface area contributed by atoms with Gasteiger partial charge in [0.25, 0.3) is 0 Å². The molecule has 6 rings (SSSR count). The molecule has 6 fully saturated rings. The molecule has 10 N–H and O–H groups in total. The minimum Gasteiger partial charge on any atom is -0.394 e. The lowest BCUT2D eigenvalue weighted by Gasteiger charge is -2.47. The quantitative estimate of drug-likeness (QED) is 0.119. The van der Waals surface area contributed by atoms with Gasteiger partial charge in [-0.1, -0.05) is 0 Å². The van der Waals surface area contributed by atoms with Crippen molar-refractivity contribution >= 4 is 0 Å². The second-order valence-corrected chi connectivity index (χ2v) is 11.4. The van der Waals surface area contributed by atoms with Gasteiger partial charge < -0.3 is 93.7 Å². The largest absolute Gasteiger partial charge is 0.394 e. The van der Waals surface area contributed by atoms with Crippen LogP contribution in [0.3, 0.4) is 0 Å². The maximum absolute atomic E-state index is 11.1. The molecule has 0 spiro atoms. The minimum absolute atomic E-state index is 0.000819. The lowest BCUT2D eigenvalue weighted by Crippen LogP contribution is -2.65. The molecule has 0 aliphatic carbocycles. The number of hydrogen-bond donors (Lipinski definition) is 10. The van der Waals surface area contributed by atoms with E-state index >= 15 is 0 Å². The highest BCUT2D eigenvalue weighted by Crippen LogP contribution is 2.38. The van der Waals surface area contributed by atoms with Gasteiger partial charge in [0.05, 0.1) is 26.4 Å². The van der Waals surface area contributed by atoms with Crippen LogP contribution in [0.25, 0.3) is 0 Å². The van der Waals surface area contributed by atoms with Crippen molar-refractivity contribution in [1.29, 1.82) is 0 Å². The fraction of sp³-hybridized carbons (Fsp3) is 1.00. The first-order valence-electron chi connectivity index (χ1n) is 14.0. The molecule has 6 aliphatic heterocycles. The third-order valence-corrected chi connectivity index (χ3v) is 8.70. The average molecular weight is 631 g/mol.